The molecule has 1 aliphatic heterocycles. The number of hydrogen-bond acceptors (Lipinski definition) is 4. The first-order valence-corrected chi connectivity index (χ1v) is 12.5. The molecule has 0 spiro atoms. The summed E-state index contributed by atoms with van der Waals surface area (Å²) in [6, 6.07) is 4.94. The Balaban J connectivity index is 2.17. The van der Waals surface area contributed by atoms with Crippen LogP contribution in [0.2, 0.25) is 0 Å². The molecule has 0 bridgehead atoms. The van der Waals surface area contributed by atoms with Crippen molar-refractivity contribution in [3.63, 3.8) is 0 Å². The van der Waals surface area contributed by atoms with Gasteiger partial charge in [0.2, 0.25) is 0 Å². The number of carboxylic acids is 1. The molecule has 0 saturated carbocycles. The van der Waals surface area contributed by atoms with Crippen LogP contribution in [0.15, 0.2) is 24.3 Å². The number of carbonyl (C=O) groups is 1. The van der Waals surface area contributed by atoms with E-state index in [1.165, 1.54) is 12.1 Å². The Morgan fingerprint density at radius 3 is 2.11 bits per heavy atom. The predicted molar refractivity (Wildman–Crippen MR) is 141 cm³/mol. The van der Waals surface area contributed by atoms with Crippen LogP contribution in [-0.2, 0) is 15.7 Å². The number of ether oxygens (including phenoxy) is 1. The average Bonchev–Trinajstić information content (AvgIpc) is 2.76. The number of alkyl halides is 3. The molecule has 1 aromatic carbocycles. The highest BCUT2D eigenvalue weighted by Crippen LogP contribution is 2.41. The van der Waals surface area contributed by atoms with Gasteiger partial charge in [-0.2, -0.15) is 13.2 Å². The highest BCUT2D eigenvalue weighted by molar-refractivity contribution is 5.85. The maximum Gasteiger partial charge on any atom is 0.416 e. The summed E-state index contributed by atoms with van der Waals surface area (Å²) in [4.78, 5) is 19.4. The molecule has 1 atom stereocenters. The van der Waals surface area contributed by atoms with E-state index in [0.717, 1.165) is 49.3 Å². The third kappa shape index (κ3) is 7.12. The van der Waals surface area contributed by atoms with Crippen LogP contribution in [-0.4, -0.2) is 34.8 Å². The fraction of sp³-hybridized carbons (Fsp3) is 0.517. The van der Waals surface area contributed by atoms with Crippen LogP contribution in [0, 0.1) is 19.3 Å². The number of aryl methyl sites for hydroxylation is 2. The molecule has 1 aromatic heterocycles. The van der Waals surface area contributed by atoms with E-state index >= 15 is 0 Å². The van der Waals surface area contributed by atoms with Crippen LogP contribution in [0.1, 0.15) is 87.2 Å². The van der Waals surface area contributed by atoms with E-state index in [0.29, 0.717) is 22.5 Å². The number of aromatic nitrogens is 1. The first-order valence-electron chi connectivity index (χ1n) is 12.5. The van der Waals surface area contributed by atoms with Crippen LogP contribution in [0.4, 0.5) is 18.9 Å². The number of anilines is 1. The van der Waals surface area contributed by atoms with Crippen LogP contribution in [0.5, 0.6) is 0 Å². The number of halogens is 3. The number of aliphatic carboxylic acids is 1. The smallest absolute Gasteiger partial charge is 0.416 e. The molecule has 0 aliphatic carbocycles. The van der Waals surface area contributed by atoms with Crippen molar-refractivity contribution in [2.24, 2.45) is 5.41 Å². The highest BCUT2D eigenvalue weighted by atomic mass is 19.4. The number of carboxylic acid groups (broad SMARTS) is 1. The Morgan fingerprint density at radius 1 is 1.05 bits per heavy atom. The number of pyridine rings is 1. The zero-order valence-electron chi connectivity index (χ0n) is 22.7. The van der Waals surface area contributed by atoms with Crippen LogP contribution < -0.4 is 4.90 Å². The Labute approximate surface area is 217 Å². The van der Waals surface area contributed by atoms with Gasteiger partial charge in [0.1, 0.15) is 0 Å². The summed E-state index contributed by atoms with van der Waals surface area (Å²) < 4.78 is 45.0. The number of rotatable bonds is 6. The molecule has 1 saturated heterocycles. The quantitative estimate of drug-likeness (QED) is 0.430. The van der Waals surface area contributed by atoms with Crippen molar-refractivity contribution >= 4 is 23.8 Å². The zero-order valence-corrected chi connectivity index (χ0v) is 22.7. The molecular weight excluding hydrogens is 481 g/mol. The molecule has 3 rings (SSSR count). The summed E-state index contributed by atoms with van der Waals surface area (Å²) in [5.74, 6) is -1.10. The molecule has 8 heteroatoms. The second-order valence-corrected chi connectivity index (χ2v) is 11.5. The minimum Gasteiger partial charge on any atom is -0.479 e. The largest absolute Gasteiger partial charge is 0.479 e. The molecule has 0 amide bonds. The van der Waals surface area contributed by atoms with Crippen molar-refractivity contribution in [3.8, 4) is 0 Å². The third-order valence-electron chi connectivity index (χ3n) is 6.70. The van der Waals surface area contributed by atoms with Gasteiger partial charge < -0.3 is 14.7 Å². The van der Waals surface area contributed by atoms with Crippen LogP contribution in [0.3, 0.4) is 0 Å². The molecular formula is C29H37F3N2O3. The summed E-state index contributed by atoms with van der Waals surface area (Å²) in [5.41, 5.74) is 2.67. The lowest BCUT2D eigenvalue weighted by Gasteiger charge is -2.41. The van der Waals surface area contributed by atoms with E-state index < -0.39 is 29.4 Å². The van der Waals surface area contributed by atoms with E-state index in [-0.39, 0.29) is 5.41 Å². The first-order chi connectivity index (χ1) is 17.0. The predicted octanol–water partition coefficient (Wildman–Crippen LogP) is 7.45. The minimum absolute atomic E-state index is 0.179. The molecule has 2 aromatic rings. The highest BCUT2D eigenvalue weighted by Gasteiger charge is 2.36. The van der Waals surface area contributed by atoms with Gasteiger partial charge >= 0.3 is 12.1 Å². The Hall–Kier alpha value is -2.87. The molecule has 5 nitrogen and oxygen atoms in total. The standard InChI is InChI=1S/C29H37F3N2O3/c1-18-22(13-10-20-8-11-21(12-9-20)29(30,31)32)24(34-16-14-28(6,7)15-17-34)23(19(2)33-18)25(26(35)36)37-27(3,4)5/h8-13,25H,14-17H2,1-7H3,(H,35,36)/t25-/m0/s1. The van der Waals surface area contributed by atoms with Gasteiger partial charge in [-0.15, -0.1) is 0 Å². The van der Waals surface area contributed by atoms with E-state index in [1.807, 2.05) is 33.8 Å². The zero-order chi connectivity index (χ0) is 27.8. The normalized spacial score (nSPS) is 17.3. The summed E-state index contributed by atoms with van der Waals surface area (Å²) >= 11 is 0. The van der Waals surface area contributed by atoms with Gasteiger partial charge in [0.25, 0.3) is 0 Å². The molecule has 202 valence electrons. The summed E-state index contributed by atoms with van der Waals surface area (Å²) in [5, 5.41) is 10.2. The van der Waals surface area contributed by atoms with Crippen LogP contribution >= 0.6 is 0 Å². The monoisotopic (exact) mass is 518 g/mol. The molecule has 1 fully saturated rings. The molecule has 2 heterocycles. The van der Waals surface area contributed by atoms with Crippen molar-refractivity contribution in [3.05, 3.63) is 57.9 Å². The van der Waals surface area contributed by atoms with Crippen molar-refractivity contribution in [2.75, 3.05) is 18.0 Å². The fourth-order valence-corrected chi connectivity index (χ4v) is 4.60. The molecule has 0 unspecified atom stereocenters. The minimum atomic E-state index is -4.40. The topological polar surface area (TPSA) is 62.7 Å². The second kappa shape index (κ2) is 10.5. The summed E-state index contributed by atoms with van der Waals surface area (Å²) in [6.07, 6.45) is -0.196. The van der Waals surface area contributed by atoms with E-state index in [4.69, 9.17) is 4.74 Å². The average molecular weight is 519 g/mol. The molecule has 0 radical (unpaired) electrons. The van der Waals surface area contributed by atoms with Gasteiger partial charge in [-0.05, 0) is 70.6 Å². The lowest BCUT2D eigenvalue weighted by atomic mass is 9.82. The van der Waals surface area contributed by atoms with Crippen molar-refractivity contribution in [2.45, 2.75) is 79.2 Å². The maximum absolute atomic E-state index is 13.0. The second-order valence-electron chi connectivity index (χ2n) is 11.5. The molecule has 1 aliphatic rings. The van der Waals surface area contributed by atoms with Gasteiger partial charge in [0.15, 0.2) is 6.10 Å². The van der Waals surface area contributed by atoms with Gasteiger partial charge in [-0.25, -0.2) is 4.79 Å². The summed E-state index contributed by atoms with van der Waals surface area (Å²) in [7, 11) is 0. The van der Waals surface area contributed by atoms with Crippen LogP contribution in [0.25, 0.3) is 12.2 Å². The van der Waals surface area contributed by atoms with Gasteiger partial charge in [-0.1, -0.05) is 38.1 Å². The SMILES string of the molecule is Cc1nc(C)c([C@H](OC(C)(C)C)C(=O)O)c(N2CCC(C)(C)CC2)c1C=Cc1ccc(C(F)(F)F)cc1. The number of hydrogen-bond donors (Lipinski definition) is 1. The third-order valence-corrected chi connectivity index (χ3v) is 6.70. The molecule has 37 heavy (non-hydrogen) atoms. The van der Waals surface area contributed by atoms with E-state index in [1.54, 1.807) is 13.0 Å². The summed E-state index contributed by atoms with van der Waals surface area (Å²) in [6.45, 7) is 15.0. The Morgan fingerprint density at radius 2 is 1.62 bits per heavy atom. The number of nitrogens with zero attached hydrogens (tertiary/aromatic N) is 2. The fourth-order valence-electron chi connectivity index (χ4n) is 4.60. The number of benzene rings is 1. The number of piperidine rings is 1. The van der Waals surface area contributed by atoms with Gasteiger partial charge in [-0.3, -0.25) is 4.98 Å². The van der Waals surface area contributed by atoms with Gasteiger partial charge in [0.05, 0.1) is 16.9 Å². The maximum atomic E-state index is 13.0. The molecule has 1 N–H and O–H groups in total. The first kappa shape index (κ1) is 28.7. The lowest BCUT2D eigenvalue weighted by Crippen LogP contribution is -2.39. The van der Waals surface area contributed by atoms with Crippen molar-refractivity contribution < 1.29 is 27.8 Å². The Bertz CT molecular complexity index is 1150. The Kier molecular flexibility index (Phi) is 8.13. The lowest BCUT2D eigenvalue weighted by molar-refractivity contribution is -0.160. The van der Waals surface area contributed by atoms with E-state index in [2.05, 4.69) is 23.7 Å². The van der Waals surface area contributed by atoms with Crippen molar-refractivity contribution in [1.29, 1.82) is 0 Å². The van der Waals surface area contributed by atoms with Crippen molar-refractivity contribution in [1.82, 2.24) is 4.98 Å². The van der Waals surface area contributed by atoms with Gasteiger partial charge in [0, 0.05) is 35.6 Å². The van der Waals surface area contributed by atoms with E-state index in [9.17, 15) is 23.1 Å².